The third-order valence-corrected chi connectivity index (χ3v) is 10.5. The zero-order valence-electron chi connectivity index (χ0n) is 26.5. The summed E-state index contributed by atoms with van der Waals surface area (Å²) in [7, 11) is -3.34. The van der Waals surface area contributed by atoms with Gasteiger partial charge < -0.3 is 10.1 Å². The van der Waals surface area contributed by atoms with Crippen molar-refractivity contribution in [1.29, 1.82) is 0 Å². The highest BCUT2D eigenvalue weighted by molar-refractivity contribution is 7.88. The predicted molar refractivity (Wildman–Crippen MR) is 188 cm³/mol. The highest BCUT2D eigenvalue weighted by Crippen LogP contribution is 2.33. The molecule has 0 radical (unpaired) electrons. The molecule has 1 N–H and O–H groups in total. The Balaban J connectivity index is 1.18. The van der Waals surface area contributed by atoms with E-state index in [2.05, 4.69) is 38.9 Å². The highest BCUT2D eigenvalue weighted by atomic mass is 35.5. The van der Waals surface area contributed by atoms with Crippen LogP contribution >= 0.6 is 23.2 Å². The van der Waals surface area contributed by atoms with Crippen LogP contribution in [0.4, 0.5) is 0 Å². The molecule has 0 amide bonds. The molecule has 0 spiro atoms. The number of nitrogens with one attached hydrogen (secondary N) is 1. The van der Waals surface area contributed by atoms with Gasteiger partial charge in [0, 0.05) is 91.7 Å². The summed E-state index contributed by atoms with van der Waals surface area (Å²) in [6.45, 7) is 7.46. The molecule has 11 heteroatoms. The molecule has 0 unspecified atom stereocenters. The molecule has 8 nitrogen and oxygen atoms in total. The van der Waals surface area contributed by atoms with Crippen molar-refractivity contribution >= 4 is 33.2 Å². The monoisotopic (exact) mass is 691 g/mol. The number of ether oxygens (including phenoxy) is 1. The Kier molecular flexibility index (Phi) is 11.0. The van der Waals surface area contributed by atoms with Crippen LogP contribution in [0.5, 0.6) is 0 Å². The molecule has 0 aliphatic carbocycles. The number of sulfonamides is 1. The molecule has 3 heterocycles. The number of aromatic nitrogens is 2. The summed E-state index contributed by atoms with van der Waals surface area (Å²) in [6.07, 6.45) is 2.85. The number of nitrogens with zero attached hydrogens (tertiary/aromatic N) is 4. The number of benzene rings is 3. The Morgan fingerprint density at radius 1 is 0.894 bits per heavy atom. The lowest BCUT2D eigenvalue weighted by atomic mass is 10.0. The van der Waals surface area contributed by atoms with Crippen molar-refractivity contribution in [3.05, 3.63) is 110 Å². The van der Waals surface area contributed by atoms with E-state index in [4.69, 9.17) is 33.0 Å². The Morgan fingerprint density at radius 3 is 2.30 bits per heavy atom. The second-order valence-corrected chi connectivity index (χ2v) is 14.8. The Morgan fingerprint density at radius 2 is 1.60 bits per heavy atom. The van der Waals surface area contributed by atoms with Crippen LogP contribution in [-0.2, 0) is 47.4 Å². The topological polar surface area (TPSA) is 79.7 Å². The van der Waals surface area contributed by atoms with Crippen LogP contribution in [0.3, 0.4) is 0 Å². The van der Waals surface area contributed by atoms with Crippen molar-refractivity contribution in [2.75, 3.05) is 45.6 Å². The van der Waals surface area contributed by atoms with Gasteiger partial charge >= 0.3 is 0 Å². The van der Waals surface area contributed by atoms with Gasteiger partial charge in [0.05, 0.1) is 30.2 Å². The fourth-order valence-corrected chi connectivity index (χ4v) is 7.08. The van der Waals surface area contributed by atoms with Gasteiger partial charge in [0.1, 0.15) is 0 Å². The third-order valence-electron chi connectivity index (χ3n) is 8.62. The number of rotatable bonds is 10. The van der Waals surface area contributed by atoms with E-state index in [-0.39, 0.29) is 0 Å². The van der Waals surface area contributed by atoms with Crippen molar-refractivity contribution in [2.45, 2.75) is 39.0 Å². The molecule has 1 saturated heterocycles. The number of fused-ring (bicyclic) bond motifs is 1. The van der Waals surface area contributed by atoms with Gasteiger partial charge in [0.25, 0.3) is 0 Å². The number of morpholine rings is 1. The number of hydrogen-bond donors (Lipinski definition) is 1. The lowest BCUT2D eigenvalue weighted by molar-refractivity contribution is 0.0368. The van der Waals surface area contributed by atoms with E-state index in [1.807, 2.05) is 54.6 Å². The zero-order valence-corrected chi connectivity index (χ0v) is 28.8. The normalized spacial score (nSPS) is 15.6. The Labute approximate surface area is 287 Å². The van der Waals surface area contributed by atoms with Gasteiger partial charge in [-0.1, -0.05) is 65.4 Å². The Bertz CT molecular complexity index is 1860. The van der Waals surface area contributed by atoms with Crippen LogP contribution in [0.1, 0.15) is 39.9 Å². The van der Waals surface area contributed by atoms with Gasteiger partial charge in [-0.05, 0) is 53.9 Å². The van der Waals surface area contributed by atoms with Crippen LogP contribution in [0.2, 0.25) is 10.0 Å². The minimum atomic E-state index is -3.34. The molecular formula is C36H39Cl2N5O3S. The third kappa shape index (κ3) is 8.84. The predicted octanol–water partition coefficient (Wildman–Crippen LogP) is 5.59. The number of hydrogen-bond acceptors (Lipinski definition) is 6. The van der Waals surface area contributed by atoms with Crippen molar-refractivity contribution in [3.8, 4) is 23.1 Å². The minimum absolute atomic E-state index is 0.303. The van der Waals surface area contributed by atoms with Gasteiger partial charge in [0.2, 0.25) is 10.0 Å². The minimum Gasteiger partial charge on any atom is -0.379 e. The second kappa shape index (κ2) is 15.3. The molecule has 1 aromatic heterocycles. The van der Waals surface area contributed by atoms with E-state index in [0.717, 1.165) is 97.6 Å². The maximum Gasteiger partial charge on any atom is 0.211 e. The van der Waals surface area contributed by atoms with Gasteiger partial charge in [-0.3, -0.25) is 9.58 Å². The molecule has 3 aromatic carbocycles. The molecule has 0 saturated carbocycles. The lowest BCUT2D eigenvalue weighted by Gasteiger charge is -2.27. The smallest absolute Gasteiger partial charge is 0.211 e. The average Bonchev–Trinajstić information content (AvgIpc) is 3.44. The summed E-state index contributed by atoms with van der Waals surface area (Å²) in [5, 5.41) is 9.81. The maximum atomic E-state index is 12.5. The fraction of sp³-hybridized carbons (Fsp3) is 0.361. The second-order valence-electron chi connectivity index (χ2n) is 12.0. The molecule has 2 aliphatic rings. The van der Waals surface area contributed by atoms with Gasteiger partial charge in [-0.25, -0.2) is 8.42 Å². The zero-order chi connectivity index (χ0) is 32.8. The van der Waals surface area contributed by atoms with Gasteiger partial charge in [-0.2, -0.15) is 9.40 Å². The first kappa shape index (κ1) is 33.7. The molecule has 246 valence electrons. The first-order valence-corrected chi connectivity index (χ1v) is 18.5. The number of halogens is 2. The van der Waals surface area contributed by atoms with Crippen LogP contribution in [0.15, 0.2) is 66.7 Å². The van der Waals surface area contributed by atoms with Crippen molar-refractivity contribution in [3.63, 3.8) is 0 Å². The Hall–Kier alpha value is -3.20. The summed E-state index contributed by atoms with van der Waals surface area (Å²) in [5.74, 6) is 6.51. The van der Waals surface area contributed by atoms with Crippen LogP contribution in [-0.4, -0.2) is 73.1 Å². The van der Waals surface area contributed by atoms with Crippen LogP contribution in [0, 0.1) is 11.8 Å². The molecule has 4 aromatic rings. The number of aryl methyl sites for hydroxylation is 1. The SMILES string of the molecule is CS(=O)(=O)N1CCc2c(c(-c3ccc(Cl)c(C#Cc4ccc(CNCc5ccc(Cl)cc5)cc4)c3)nn2CCCN2CCOCC2)C1. The van der Waals surface area contributed by atoms with E-state index < -0.39 is 10.0 Å². The lowest BCUT2D eigenvalue weighted by Crippen LogP contribution is -2.37. The van der Waals surface area contributed by atoms with E-state index in [9.17, 15) is 8.42 Å². The molecule has 47 heavy (non-hydrogen) atoms. The summed E-state index contributed by atoms with van der Waals surface area (Å²) < 4.78 is 34.1. The van der Waals surface area contributed by atoms with E-state index >= 15 is 0 Å². The van der Waals surface area contributed by atoms with Crippen molar-refractivity contribution in [1.82, 2.24) is 24.3 Å². The summed E-state index contributed by atoms with van der Waals surface area (Å²) >= 11 is 12.6. The van der Waals surface area contributed by atoms with Crippen molar-refractivity contribution < 1.29 is 13.2 Å². The van der Waals surface area contributed by atoms with E-state index in [1.165, 1.54) is 16.1 Å². The van der Waals surface area contributed by atoms with Gasteiger partial charge in [-0.15, -0.1) is 0 Å². The molecule has 0 atom stereocenters. The molecule has 2 aliphatic heterocycles. The first-order chi connectivity index (χ1) is 22.7. The van der Waals surface area contributed by atoms with Crippen LogP contribution < -0.4 is 5.32 Å². The standard InChI is InChI=1S/C36H39Cl2N5O3S/c1-47(44,45)42-18-15-35-33(26-42)36(40-43(35)17-2-16-41-19-21-46-22-20-41)31-11-14-34(38)30(23-31)10-7-27-3-5-28(6-4-27)24-39-25-29-8-12-32(37)13-9-29/h3-6,8-9,11-14,23,39H,2,15-22,24-26H2,1H3. The van der Waals surface area contributed by atoms with E-state index in [0.29, 0.717) is 30.1 Å². The summed E-state index contributed by atoms with van der Waals surface area (Å²) in [6, 6.07) is 21.8. The van der Waals surface area contributed by atoms with Gasteiger partial charge in [0.15, 0.2) is 0 Å². The largest absolute Gasteiger partial charge is 0.379 e. The average molecular weight is 693 g/mol. The summed E-state index contributed by atoms with van der Waals surface area (Å²) in [4.78, 5) is 2.42. The maximum absolute atomic E-state index is 12.5. The summed E-state index contributed by atoms with van der Waals surface area (Å²) in [5.41, 5.74) is 7.65. The van der Waals surface area contributed by atoms with Crippen molar-refractivity contribution in [2.24, 2.45) is 0 Å². The molecular weight excluding hydrogens is 653 g/mol. The molecule has 0 bridgehead atoms. The molecule has 6 rings (SSSR count). The van der Waals surface area contributed by atoms with E-state index in [1.54, 1.807) is 0 Å². The highest BCUT2D eigenvalue weighted by Gasteiger charge is 2.30. The fourth-order valence-electron chi connectivity index (χ4n) is 6.00. The first-order valence-electron chi connectivity index (χ1n) is 15.9. The molecule has 1 fully saturated rings. The quantitative estimate of drug-likeness (QED) is 0.219. The van der Waals surface area contributed by atoms with Crippen LogP contribution in [0.25, 0.3) is 11.3 Å².